The summed E-state index contributed by atoms with van der Waals surface area (Å²) in [6.45, 7) is 7.17. The lowest BCUT2D eigenvalue weighted by Gasteiger charge is -2.22. The molecular formula is C9H12O2. The van der Waals surface area contributed by atoms with Gasteiger partial charge in [-0.3, -0.25) is 9.59 Å². The number of Topliss-reactive ketones (excluding diaryl/α,β-unsaturated/α-hetero) is 2. The molecule has 60 valence electrons. The largest absolute Gasteiger partial charge is 0.294 e. The zero-order valence-corrected chi connectivity index (χ0v) is 6.89. The van der Waals surface area contributed by atoms with Gasteiger partial charge in [-0.05, 0) is 6.42 Å². The van der Waals surface area contributed by atoms with Crippen molar-refractivity contribution in [3.8, 4) is 0 Å². The Balaban J connectivity index is 2.88. The minimum atomic E-state index is -0.0758. The minimum Gasteiger partial charge on any atom is -0.294 e. The van der Waals surface area contributed by atoms with E-state index in [1.54, 1.807) is 0 Å². The van der Waals surface area contributed by atoms with E-state index >= 15 is 0 Å². The molecule has 0 bridgehead atoms. The van der Waals surface area contributed by atoms with E-state index in [1.807, 2.05) is 13.8 Å². The van der Waals surface area contributed by atoms with Crippen LogP contribution in [0.1, 0.15) is 20.3 Å². The van der Waals surface area contributed by atoms with Crippen molar-refractivity contribution in [1.29, 1.82) is 0 Å². The van der Waals surface area contributed by atoms with E-state index in [0.717, 1.165) is 0 Å². The van der Waals surface area contributed by atoms with Crippen LogP contribution in [0, 0.1) is 11.8 Å². The molecular weight excluding hydrogens is 140 g/mol. The third-order valence-corrected chi connectivity index (χ3v) is 2.20. The Hall–Kier alpha value is -0.920. The zero-order valence-electron chi connectivity index (χ0n) is 6.89. The van der Waals surface area contributed by atoms with Crippen LogP contribution >= 0.6 is 0 Å². The molecule has 1 aliphatic rings. The Morgan fingerprint density at radius 1 is 1.18 bits per heavy atom. The van der Waals surface area contributed by atoms with Crippen LogP contribution in [0.15, 0.2) is 12.2 Å². The van der Waals surface area contributed by atoms with Gasteiger partial charge >= 0.3 is 0 Å². The molecule has 2 atom stereocenters. The predicted octanol–water partition coefficient (Wildman–Crippen LogP) is 1.36. The topological polar surface area (TPSA) is 34.1 Å². The lowest BCUT2D eigenvalue weighted by atomic mass is 9.79. The molecule has 11 heavy (non-hydrogen) atoms. The second-order valence-electron chi connectivity index (χ2n) is 3.24. The van der Waals surface area contributed by atoms with Crippen molar-refractivity contribution in [3.05, 3.63) is 12.2 Å². The first-order valence-corrected chi connectivity index (χ1v) is 3.81. The fourth-order valence-corrected chi connectivity index (χ4v) is 1.46. The van der Waals surface area contributed by atoms with Gasteiger partial charge in [0.1, 0.15) is 0 Å². The second kappa shape index (κ2) is 2.61. The summed E-state index contributed by atoms with van der Waals surface area (Å²) in [5.74, 6) is -0.188. The number of allylic oxidation sites excluding steroid dienone is 1. The average Bonchev–Trinajstić information content (AvgIpc) is 1.97. The molecule has 2 unspecified atom stereocenters. The van der Waals surface area contributed by atoms with Gasteiger partial charge < -0.3 is 0 Å². The number of hydrogen-bond acceptors (Lipinski definition) is 2. The monoisotopic (exact) mass is 152 g/mol. The molecule has 0 aromatic carbocycles. The van der Waals surface area contributed by atoms with E-state index in [4.69, 9.17) is 0 Å². The molecule has 0 radical (unpaired) electrons. The second-order valence-corrected chi connectivity index (χ2v) is 3.24. The van der Waals surface area contributed by atoms with Crippen LogP contribution in [-0.4, -0.2) is 11.6 Å². The Morgan fingerprint density at radius 2 is 1.55 bits per heavy atom. The van der Waals surface area contributed by atoms with Crippen LogP contribution in [0.5, 0.6) is 0 Å². The molecule has 1 aliphatic carbocycles. The van der Waals surface area contributed by atoms with Crippen LogP contribution < -0.4 is 0 Å². The molecule has 2 nitrogen and oxygen atoms in total. The van der Waals surface area contributed by atoms with Gasteiger partial charge in [0.25, 0.3) is 0 Å². The molecule has 0 N–H and O–H groups in total. The third kappa shape index (κ3) is 1.25. The highest BCUT2D eigenvalue weighted by molar-refractivity contribution is 6.22. The molecule has 0 aliphatic heterocycles. The molecule has 0 spiro atoms. The van der Waals surface area contributed by atoms with Crippen molar-refractivity contribution in [2.24, 2.45) is 11.8 Å². The van der Waals surface area contributed by atoms with Crippen molar-refractivity contribution in [2.75, 3.05) is 0 Å². The Labute approximate surface area is 66.3 Å². The Bertz CT molecular complexity index is 206. The summed E-state index contributed by atoms with van der Waals surface area (Å²) >= 11 is 0. The van der Waals surface area contributed by atoms with E-state index in [9.17, 15) is 9.59 Å². The van der Waals surface area contributed by atoms with Crippen LogP contribution in [0.4, 0.5) is 0 Å². The Morgan fingerprint density at radius 3 is 1.91 bits per heavy atom. The van der Waals surface area contributed by atoms with Gasteiger partial charge in [0, 0.05) is 11.8 Å². The van der Waals surface area contributed by atoms with Gasteiger partial charge in [-0.1, -0.05) is 20.4 Å². The molecule has 1 fully saturated rings. The summed E-state index contributed by atoms with van der Waals surface area (Å²) < 4.78 is 0. The first kappa shape index (κ1) is 8.18. The minimum absolute atomic E-state index is 0.0183. The normalized spacial score (nSPS) is 32.7. The van der Waals surface area contributed by atoms with Crippen molar-refractivity contribution >= 4 is 11.6 Å². The van der Waals surface area contributed by atoms with Crippen molar-refractivity contribution in [2.45, 2.75) is 20.3 Å². The van der Waals surface area contributed by atoms with Crippen molar-refractivity contribution in [1.82, 2.24) is 0 Å². The summed E-state index contributed by atoms with van der Waals surface area (Å²) in [6, 6.07) is 0. The van der Waals surface area contributed by atoms with Gasteiger partial charge in [0.15, 0.2) is 11.6 Å². The predicted molar refractivity (Wildman–Crippen MR) is 42.1 cm³/mol. The highest BCUT2D eigenvalue weighted by Gasteiger charge is 2.32. The van der Waals surface area contributed by atoms with Gasteiger partial charge in [-0.25, -0.2) is 0 Å². The summed E-state index contributed by atoms with van der Waals surface area (Å²) in [6.07, 6.45) is 0.677. The van der Waals surface area contributed by atoms with Crippen LogP contribution in [0.2, 0.25) is 0 Å². The third-order valence-electron chi connectivity index (χ3n) is 2.20. The van der Waals surface area contributed by atoms with Gasteiger partial charge in [-0.2, -0.15) is 0 Å². The fourth-order valence-electron chi connectivity index (χ4n) is 1.46. The van der Waals surface area contributed by atoms with E-state index in [1.165, 1.54) is 0 Å². The highest BCUT2D eigenvalue weighted by atomic mass is 16.2. The van der Waals surface area contributed by atoms with E-state index in [0.29, 0.717) is 6.42 Å². The molecule has 0 heterocycles. The molecule has 2 heteroatoms. The van der Waals surface area contributed by atoms with E-state index in [-0.39, 0.29) is 29.0 Å². The maximum Gasteiger partial charge on any atom is 0.168 e. The van der Waals surface area contributed by atoms with Crippen molar-refractivity contribution < 1.29 is 9.59 Å². The molecule has 0 aromatic heterocycles. The molecule has 0 amide bonds. The quantitative estimate of drug-likeness (QED) is 0.388. The molecule has 1 saturated carbocycles. The Kier molecular flexibility index (Phi) is 1.94. The van der Waals surface area contributed by atoms with Crippen LogP contribution in [0.25, 0.3) is 0 Å². The summed E-state index contributed by atoms with van der Waals surface area (Å²) in [5, 5.41) is 0. The number of hydrogen-bond donors (Lipinski definition) is 0. The lowest BCUT2D eigenvalue weighted by Crippen LogP contribution is -2.31. The summed E-state index contributed by atoms with van der Waals surface area (Å²) in [5.41, 5.74) is 0.191. The first-order chi connectivity index (χ1) is 5.04. The van der Waals surface area contributed by atoms with Gasteiger partial charge in [0.2, 0.25) is 0 Å². The summed E-state index contributed by atoms with van der Waals surface area (Å²) in [7, 11) is 0. The molecule has 1 rings (SSSR count). The number of carbonyl (C=O) groups is 2. The molecule has 0 saturated heterocycles. The van der Waals surface area contributed by atoms with E-state index in [2.05, 4.69) is 6.58 Å². The highest BCUT2D eigenvalue weighted by Crippen LogP contribution is 2.25. The smallest absolute Gasteiger partial charge is 0.168 e. The van der Waals surface area contributed by atoms with Crippen LogP contribution in [-0.2, 0) is 9.59 Å². The lowest BCUT2D eigenvalue weighted by molar-refractivity contribution is -0.128. The van der Waals surface area contributed by atoms with E-state index < -0.39 is 0 Å². The number of rotatable bonds is 0. The summed E-state index contributed by atoms with van der Waals surface area (Å²) in [4.78, 5) is 22.3. The van der Waals surface area contributed by atoms with Gasteiger partial charge in [0.05, 0.1) is 5.57 Å². The number of ketones is 2. The standard InChI is InChI=1S/C9H12O2/c1-5-4-6(2)9(11)7(3)8(5)10/h5-6H,3-4H2,1-2H3. The van der Waals surface area contributed by atoms with Crippen LogP contribution in [0.3, 0.4) is 0 Å². The maximum absolute atomic E-state index is 11.2. The number of carbonyl (C=O) groups excluding carboxylic acids is 2. The fraction of sp³-hybridized carbons (Fsp3) is 0.556. The first-order valence-electron chi connectivity index (χ1n) is 3.81. The van der Waals surface area contributed by atoms with Gasteiger partial charge in [-0.15, -0.1) is 0 Å². The maximum atomic E-state index is 11.2. The van der Waals surface area contributed by atoms with Crippen molar-refractivity contribution in [3.63, 3.8) is 0 Å². The zero-order chi connectivity index (χ0) is 8.59. The molecule has 0 aromatic rings. The SMILES string of the molecule is C=C1C(=O)C(C)CC(C)C1=O. The average molecular weight is 152 g/mol.